The fourth-order valence-corrected chi connectivity index (χ4v) is 4.97. The monoisotopic (exact) mass is 379 g/mol. The fourth-order valence-electron chi connectivity index (χ4n) is 3.50. The first-order valence-corrected chi connectivity index (χ1v) is 10.6. The van der Waals surface area contributed by atoms with Gasteiger partial charge in [-0.15, -0.1) is 0 Å². The Bertz CT molecular complexity index is 764. The van der Waals surface area contributed by atoms with Crippen LogP contribution >= 0.6 is 0 Å². The normalized spacial score (nSPS) is 23.0. The molecule has 3 rings (SSSR count). The maximum Gasteiger partial charge on any atom is 0.309 e. The maximum absolute atomic E-state index is 12.7. The van der Waals surface area contributed by atoms with Crippen molar-refractivity contribution in [3.8, 4) is 0 Å². The minimum absolute atomic E-state index is 0.00369. The zero-order valence-electron chi connectivity index (χ0n) is 15.0. The van der Waals surface area contributed by atoms with Gasteiger partial charge in [0.1, 0.15) is 0 Å². The van der Waals surface area contributed by atoms with Crippen molar-refractivity contribution in [2.24, 2.45) is 5.92 Å². The second-order valence-electron chi connectivity index (χ2n) is 7.13. The van der Waals surface area contributed by atoms with E-state index in [1.807, 2.05) is 6.92 Å². The second kappa shape index (κ2) is 7.88. The predicted octanol–water partition coefficient (Wildman–Crippen LogP) is 2.45. The van der Waals surface area contributed by atoms with E-state index in [-0.39, 0.29) is 35.7 Å². The second-order valence-corrected chi connectivity index (χ2v) is 9.07. The van der Waals surface area contributed by atoms with Crippen LogP contribution in [0.2, 0.25) is 0 Å². The number of benzene rings is 1. The quantitative estimate of drug-likeness (QED) is 0.751. The van der Waals surface area contributed by atoms with Crippen molar-refractivity contribution in [1.29, 1.82) is 0 Å². The topological polar surface area (TPSA) is 80.8 Å². The Hall–Kier alpha value is -1.73. The van der Waals surface area contributed by atoms with Crippen molar-refractivity contribution in [2.75, 3.05) is 13.1 Å². The van der Waals surface area contributed by atoms with E-state index in [4.69, 9.17) is 4.74 Å². The number of ether oxygens (including phenoxy) is 1. The number of hydrogen-bond acceptors (Lipinski definition) is 5. The van der Waals surface area contributed by atoms with Gasteiger partial charge >= 0.3 is 5.97 Å². The Morgan fingerprint density at radius 3 is 2.35 bits per heavy atom. The highest BCUT2D eigenvalue weighted by Gasteiger charge is 2.35. The maximum atomic E-state index is 12.7. The van der Waals surface area contributed by atoms with Crippen LogP contribution in [-0.4, -0.2) is 43.7 Å². The summed E-state index contributed by atoms with van der Waals surface area (Å²) in [4.78, 5) is 24.4. The fraction of sp³-hybridized carbons (Fsp3) is 0.579. The van der Waals surface area contributed by atoms with E-state index < -0.39 is 16.1 Å². The van der Waals surface area contributed by atoms with E-state index in [1.54, 1.807) is 24.3 Å². The van der Waals surface area contributed by atoms with Gasteiger partial charge in [0.05, 0.1) is 10.8 Å². The average molecular weight is 379 g/mol. The molecule has 0 unspecified atom stereocenters. The van der Waals surface area contributed by atoms with Crippen LogP contribution in [-0.2, 0) is 24.3 Å². The first kappa shape index (κ1) is 19.0. The summed E-state index contributed by atoms with van der Waals surface area (Å²) in [7, 11) is -3.54. The lowest BCUT2D eigenvalue weighted by atomic mass is 9.95. The van der Waals surface area contributed by atoms with Crippen LogP contribution < -0.4 is 0 Å². The van der Waals surface area contributed by atoms with Crippen molar-refractivity contribution in [3.05, 3.63) is 29.8 Å². The van der Waals surface area contributed by atoms with E-state index in [9.17, 15) is 18.0 Å². The van der Waals surface area contributed by atoms with Gasteiger partial charge in [-0.05, 0) is 51.2 Å². The van der Waals surface area contributed by atoms with Crippen LogP contribution in [0.3, 0.4) is 0 Å². The Kier molecular flexibility index (Phi) is 5.77. The first-order valence-electron chi connectivity index (χ1n) is 9.18. The third-order valence-corrected chi connectivity index (χ3v) is 7.12. The van der Waals surface area contributed by atoms with Gasteiger partial charge in [0.2, 0.25) is 10.0 Å². The molecule has 142 valence electrons. The molecule has 1 saturated carbocycles. The summed E-state index contributed by atoms with van der Waals surface area (Å²) in [5.74, 6) is -0.698. The lowest BCUT2D eigenvalue weighted by molar-refractivity contribution is -0.161. The molecule has 1 heterocycles. The molecule has 1 aromatic carbocycles. The minimum atomic E-state index is -3.54. The van der Waals surface area contributed by atoms with Crippen molar-refractivity contribution in [1.82, 2.24) is 4.31 Å². The molecule has 1 aromatic rings. The molecule has 1 saturated heterocycles. The van der Waals surface area contributed by atoms with Gasteiger partial charge in [-0.3, -0.25) is 9.59 Å². The molecule has 2 aliphatic rings. The summed E-state index contributed by atoms with van der Waals surface area (Å²) in [5, 5.41) is 0. The zero-order valence-corrected chi connectivity index (χ0v) is 15.8. The number of piperidine rings is 1. The highest BCUT2D eigenvalue weighted by Crippen LogP contribution is 2.26. The number of hydrogen-bond donors (Lipinski definition) is 0. The van der Waals surface area contributed by atoms with Crippen LogP contribution in [0.15, 0.2) is 29.2 Å². The van der Waals surface area contributed by atoms with E-state index in [1.165, 1.54) is 4.31 Å². The number of carbonyl (C=O) groups excluding carboxylic acids is 2. The number of ketones is 1. The van der Waals surface area contributed by atoms with E-state index in [0.717, 1.165) is 18.4 Å². The Labute approximate surface area is 154 Å². The molecular weight excluding hydrogens is 354 g/mol. The van der Waals surface area contributed by atoms with Gasteiger partial charge in [-0.2, -0.15) is 4.31 Å². The number of esters is 1. The summed E-state index contributed by atoms with van der Waals surface area (Å²) < 4.78 is 32.2. The molecule has 0 aromatic heterocycles. The molecule has 2 fully saturated rings. The highest BCUT2D eigenvalue weighted by molar-refractivity contribution is 7.89. The van der Waals surface area contributed by atoms with Gasteiger partial charge in [-0.25, -0.2) is 8.42 Å². The van der Waals surface area contributed by atoms with Crippen LogP contribution in [0.25, 0.3) is 0 Å². The number of aryl methyl sites for hydroxylation is 1. The largest absolute Gasteiger partial charge is 0.454 e. The number of sulfonamides is 1. The first-order chi connectivity index (χ1) is 12.4. The molecule has 1 aliphatic carbocycles. The number of Topliss-reactive ketones (excluding diaryl/α,β-unsaturated/α-hetero) is 1. The third-order valence-electron chi connectivity index (χ3n) is 5.20. The molecule has 26 heavy (non-hydrogen) atoms. The molecule has 0 amide bonds. The summed E-state index contributed by atoms with van der Waals surface area (Å²) in [5.41, 5.74) is 1.00. The zero-order chi connectivity index (χ0) is 18.7. The molecule has 6 nitrogen and oxygen atoms in total. The van der Waals surface area contributed by atoms with Crippen LogP contribution in [0.4, 0.5) is 0 Å². The van der Waals surface area contributed by atoms with E-state index >= 15 is 0 Å². The molecule has 0 spiro atoms. The SMILES string of the molecule is Cc1ccc(S(=O)(=O)N2CCC(C(=O)O[C@@H]3CCCCC3=O)CC2)cc1. The van der Waals surface area contributed by atoms with Crippen molar-refractivity contribution >= 4 is 21.8 Å². The number of carbonyl (C=O) groups is 2. The molecule has 1 aliphatic heterocycles. The predicted molar refractivity (Wildman–Crippen MR) is 96.0 cm³/mol. The molecule has 0 bridgehead atoms. The van der Waals surface area contributed by atoms with Crippen LogP contribution in [0, 0.1) is 12.8 Å². The van der Waals surface area contributed by atoms with Gasteiger partial charge in [0.15, 0.2) is 11.9 Å². The van der Waals surface area contributed by atoms with Gasteiger partial charge in [0.25, 0.3) is 0 Å². The minimum Gasteiger partial charge on any atom is -0.454 e. The number of rotatable bonds is 4. The molecular formula is C19H25NO5S. The molecule has 0 N–H and O–H groups in total. The van der Waals surface area contributed by atoms with Crippen molar-refractivity contribution in [2.45, 2.75) is 56.4 Å². The molecule has 0 radical (unpaired) electrons. The summed E-state index contributed by atoms with van der Waals surface area (Å²) >= 11 is 0. The third kappa shape index (κ3) is 4.15. The van der Waals surface area contributed by atoms with Gasteiger partial charge < -0.3 is 4.74 Å². The van der Waals surface area contributed by atoms with Gasteiger partial charge in [0, 0.05) is 19.5 Å². The van der Waals surface area contributed by atoms with Crippen LogP contribution in [0.5, 0.6) is 0 Å². The summed E-state index contributed by atoms with van der Waals surface area (Å²) in [6.07, 6.45) is 3.08. The van der Waals surface area contributed by atoms with Crippen molar-refractivity contribution < 1.29 is 22.7 Å². The van der Waals surface area contributed by atoms with Crippen LogP contribution in [0.1, 0.15) is 44.1 Å². The molecule has 7 heteroatoms. The van der Waals surface area contributed by atoms with Gasteiger partial charge in [-0.1, -0.05) is 17.7 Å². The molecule has 1 atom stereocenters. The Morgan fingerprint density at radius 2 is 1.73 bits per heavy atom. The lowest BCUT2D eigenvalue weighted by Crippen LogP contribution is -2.41. The Balaban J connectivity index is 1.57. The van der Waals surface area contributed by atoms with Crippen molar-refractivity contribution in [3.63, 3.8) is 0 Å². The number of nitrogens with zero attached hydrogens (tertiary/aromatic N) is 1. The standard InChI is InChI=1S/C19H25NO5S/c1-14-6-8-16(9-7-14)26(23,24)20-12-10-15(11-13-20)19(22)25-18-5-3-2-4-17(18)21/h6-9,15,18H,2-5,10-13H2,1H3/t18-/m1/s1. The summed E-state index contributed by atoms with van der Waals surface area (Å²) in [6, 6.07) is 6.77. The highest BCUT2D eigenvalue weighted by atomic mass is 32.2. The Morgan fingerprint density at radius 1 is 1.08 bits per heavy atom. The average Bonchev–Trinajstić information content (AvgIpc) is 2.64. The van der Waals surface area contributed by atoms with E-state index in [2.05, 4.69) is 0 Å². The summed E-state index contributed by atoms with van der Waals surface area (Å²) in [6.45, 7) is 2.48. The lowest BCUT2D eigenvalue weighted by Gasteiger charge is -2.31. The smallest absolute Gasteiger partial charge is 0.309 e. The van der Waals surface area contributed by atoms with E-state index in [0.29, 0.717) is 25.7 Å².